The van der Waals surface area contributed by atoms with Crippen molar-refractivity contribution in [1.29, 1.82) is 0 Å². The summed E-state index contributed by atoms with van der Waals surface area (Å²) in [5, 5.41) is 0. The van der Waals surface area contributed by atoms with E-state index in [1.165, 1.54) is 11.1 Å². The van der Waals surface area contributed by atoms with E-state index in [2.05, 4.69) is 32.1 Å². The molecule has 0 radical (unpaired) electrons. The quantitative estimate of drug-likeness (QED) is 0.760. The second-order valence-electron chi connectivity index (χ2n) is 5.44. The van der Waals surface area contributed by atoms with Crippen LogP contribution in [0.25, 0.3) is 6.08 Å². The second-order valence-corrected chi connectivity index (χ2v) is 5.44. The van der Waals surface area contributed by atoms with E-state index in [1.807, 2.05) is 23.1 Å². The Hall–Kier alpha value is -1.57. The Morgan fingerprint density at radius 3 is 2.58 bits per heavy atom. The van der Waals surface area contributed by atoms with Gasteiger partial charge >= 0.3 is 0 Å². The first-order valence-electron chi connectivity index (χ1n) is 7.21. The van der Waals surface area contributed by atoms with Crippen molar-refractivity contribution in [1.82, 2.24) is 4.90 Å². The average molecular weight is 257 g/mol. The lowest BCUT2D eigenvalue weighted by molar-refractivity contribution is -0.132. The fraction of sp³-hybridized carbons (Fsp3) is 0.471. The number of hydrogen-bond donors (Lipinski definition) is 0. The van der Waals surface area contributed by atoms with Crippen molar-refractivity contribution in [3.8, 4) is 0 Å². The van der Waals surface area contributed by atoms with Crippen molar-refractivity contribution in [2.24, 2.45) is 5.92 Å². The summed E-state index contributed by atoms with van der Waals surface area (Å²) < 4.78 is 0. The molecule has 2 nitrogen and oxygen atoms in total. The summed E-state index contributed by atoms with van der Waals surface area (Å²) in [6, 6.07) is 10.3. The lowest BCUT2D eigenvalue weighted by Crippen LogP contribution is -2.34. The Morgan fingerprint density at radius 1 is 1.32 bits per heavy atom. The van der Waals surface area contributed by atoms with Crippen LogP contribution < -0.4 is 0 Å². The molecule has 0 aliphatic heterocycles. The Labute approximate surface area is 116 Å². The molecule has 1 amide bonds. The largest absolute Gasteiger partial charge is 0.338 e. The van der Waals surface area contributed by atoms with Gasteiger partial charge in [-0.3, -0.25) is 4.79 Å². The third kappa shape index (κ3) is 4.23. The monoisotopic (exact) mass is 257 g/mol. The zero-order chi connectivity index (χ0) is 13.7. The highest BCUT2D eigenvalue weighted by Gasteiger charge is 2.32. The predicted molar refractivity (Wildman–Crippen MR) is 79.7 cm³/mol. The molecule has 1 aliphatic rings. The normalized spacial score (nSPS) is 15.4. The molecule has 102 valence electrons. The van der Waals surface area contributed by atoms with Crippen LogP contribution in [-0.2, 0) is 4.79 Å². The summed E-state index contributed by atoms with van der Waals surface area (Å²) in [6.45, 7) is 5.87. The molecule has 0 aromatic heterocycles. The van der Waals surface area contributed by atoms with Crippen LogP contribution in [0.3, 0.4) is 0 Å². The first-order valence-corrected chi connectivity index (χ1v) is 7.21. The molecule has 1 aromatic rings. The minimum atomic E-state index is 0.316. The van der Waals surface area contributed by atoms with Crippen LogP contribution in [0.4, 0.5) is 0 Å². The Bertz CT molecular complexity index is 446. The fourth-order valence-electron chi connectivity index (χ4n) is 2.31. The Balaban J connectivity index is 1.99. The topological polar surface area (TPSA) is 20.3 Å². The second kappa shape index (κ2) is 6.55. The molecule has 1 aromatic carbocycles. The van der Waals surface area contributed by atoms with Crippen LogP contribution >= 0.6 is 0 Å². The molecule has 2 rings (SSSR count). The molecule has 0 unspecified atom stereocenters. The van der Waals surface area contributed by atoms with E-state index in [-0.39, 0.29) is 0 Å². The highest BCUT2D eigenvalue weighted by Crippen LogP contribution is 2.31. The van der Waals surface area contributed by atoms with Crippen molar-refractivity contribution < 1.29 is 4.79 Å². The lowest BCUT2D eigenvalue weighted by Gasteiger charge is -2.22. The van der Waals surface area contributed by atoms with E-state index in [1.54, 1.807) is 0 Å². The molecule has 1 aliphatic carbocycles. The van der Waals surface area contributed by atoms with Crippen LogP contribution in [0.1, 0.15) is 38.7 Å². The Morgan fingerprint density at radius 2 is 2.00 bits per heavy atom. The molecule has 0 N–H and O–H groups in total. The zero-order valence-corrected chi connectivity index (χ0v) is 11.9. The van der Waals surface area contributed by atoms with Crippen molar-refractivity contribution >= 4 is 12.0 Å². The highest BCUT2D eigenvalue weighted by molar-refractivity contribution is 5.81. The number of carbonyl (C=O) groups is 1. The van der Waals surface area contributed by atoms with E-state index < -0.39 is 0 Å². The van der Waals surface area contributed by atoms with Crippen LogP contribution in [0, 0.1) is 5.92 Å². The third-order valence-corrected chi connectivity index (χ3v) is 3.38. The van der Waals surface area contributed by atoms with Gasteiger partial charge < -0.3 is 4.90 Å². The van der Waals surface area contributed by atoms with Crippen molar-refractivity contribution in [3.63, 3.8) is 0 Å². The maximum Gasteiger partial charge on any atom is 0.225 e. The summed E-state index contributed by atoms with van der Waals surface area (Å²) >= 11 is 0. The first-order chi connectivity index (χ1) is 9.20. The number of hydrogen-bond acceptors (Lipinski definition) is 1. The van der Waals surface area contributed by atoms with Crippen LogP contribution in [-0.4, -0.2) is 23.9 Å². The van der Waals surface area contributed by atoms with Gasteiger partial charge in [0.2, 0.25) is 5.91 Å². The van der Waals surface area contributed by atoms with E-state index in [4.69, 9.17) is 0 Å². The van der Waals surface area contributed by atoms with Gasteiger partial charge in [-0.25, -0.2) is 0 Å². The molecule has 0 bridgehead atoms. The van der Waals surface area contributed by atoms with Gasteiger partial charge in [0, 0.05) is 19.0 Å². The summed E-state index contributed by atoms with van der Waals surface area (Å²) in [5.74, 6) is 0.665. The van der Waals surface area contributed by atoms with Gasteiger partial charge in [-0.1, -0.05) is 48.9 Å². The average Bonchev–Trinajstić information content (AvgIpc) is 3.23. The van der Waals surface area contributed by atoms with Gasteiger partial charge in [-0.2, -0.15) is 0 Å². The minimum Gasteiger partial charge on any atom is -0.338 e. The SMILES string of the molecule is CCCN(CC(C)=Cc1ccccc1)C(=O)C1CC1. The molecule has 1 fully saturated rings. The number of carbonyl (C=O) groups excluding carboxylic acids is 1. The molecule has 0 heterocycles. The molecule has 0 atom stereocenters. The molecule has 1 saturated carbocycles. The van der Waals surface area contributed by atoms with Crippen molar-refractivity contribution in [2.75, 3.05) is 13.1 Å². The minimum absolute atomic E-state index is 0.316. The smallest absolute Gasteiger partial charge is 0.225 e. The van der Waals surface area contributed by atoms with Gasteiger partial charge in [0.1, 0.15) is 0 Å². The first kappa shape index (κ1) is 13.9. The van der Waals surface area contributed by atoms with Crippen LogP contribution in [0.5, 0.6) is 0 Å². The molecular weight excluding hydrogens is 234 g/mol. The van der Waals surface area contributed by atoms with Gasteiger partial charge in [0.05, 0.1) is 0 Å². The molecule has 19 heavy (non-hydrogen) atoms. The van der Waals surface area contributed by atoms with Crippen LogP contribution in [0.15, 0.2) is 35.9 Å². The number of benzene rings is 1. The number of nitrogens with zero attached hydrogens (tertiary/aromatic N) is 1. The van der Waals surface area contributed by atoms with Gasteiger partial charge in [-0.15, -0.1) is 0 Å². The predicted octanol–water partition coefficient (Wildman–Crippen LogP) is 3.74. The van der Waals surface area contributed by atoms with Crippen molar-refractivity contribution in [3.05, 3.63) is 41.5 Å². The van der Waals surface area contributed by atoms with Gasteiger partial charge in [-0.05, 0) is 31.7 Å². The van der Waals surface area contributed by atoms with Crippen LogP contribution in [0.2, 0.25) is 0 Å². The highest BCUT2D eigenvalue weighted by atomic mass is 16.2. The summed E-state index contributed by atoms with van der Waals surface area (Å²) in [4.78, 5) is 14.2. The number of amides is 1. The lowest BCUT2D eigenvalue weighted by atomic mass is 10.1. The van der Waals surface area contributed by atoms with Gasteiger partial charge in [0.15, 0.2) is 0 Å². The van der Waals surface area contributed by atoms with Gasteiger partial charge in [0.25, 0.3) is 0 Å². The van der Waals surface area contributed by atoms with Crippen molar-refractivity contribution in [2.45, 2.75) is 33.1 Å². The summed E-state index contributed by atoms with van der Waals surface area (Å²) in [7, 11) is 0. The van der Waals surface area contributed by atoms with E-state index in [9.17, 15) is 4.79 Å². The summed E-state index contributed by atoms with van der Waals surface area (Å²) in [6.07, 6.45) is 5.36. The standard InChI is InChI=1S/C17H23NO/c1-3-11-18(17(19)16-9-10-16)13-14(2)12-15-7-5-4-6-8-15/h4-8,12,16H,3,9-11,13H2,1-2H3. The van der Waals surface area contributed by atoms with E-state index >= 15 is 0 Å². The van der Waals surface area contributed by atoms with E-state index in [0.717, 1.165) is 32.4 Å². The maximum atomic E-state index is 12.2. The summed E-state index contributed by atoms with van der Waals surface area (Å²) in [5.41, 5.74) is 2.45. The molecule has 0 spiro atoms. The fourth-order valence-corrected chi connectivity index (χ4v) is 2.31. The Kier molecular flexibility index (Phi) is 4.78. The molecule has 2 heteroatoms. The molecule has 0 saturated heterocycles. The number of rotatable bonds is 6. The third-order valence-electron chi connectivity index (χ3n) is 3.38. The zero-order valence-electron chi connectivity index (χ0n) is 11.9. The maximum absolute atomic E-state index is 12.2. The molecular formula is C17H23NO. The van der Waals surface area contributed by atoms with E-state index in [0.29, 0.717) is 11.8 Å².